The number of fused-ring (bicyclic) bond motifs is 2. The van der Waals surface area contributed by atoms with Gasteiger partial charge in [0.2, 0.25) is 0 Å². The van der Waals surface area contributed by atoms with Crippen molar-refractivity contribution < 1.29 is 57.2 Å². The SMILES string of the molecule is CC[C@H]1OC(=O)[C@H](C)C(=O)[C@H](C)[C@@H](O[C@@H]2O[C@H](C)C[C@H](N(C)C)[C@H]2OC(C)=O)[C@](C)(OC)C[C@@H](C)/C(=N\OCC#Cc2cncc3ccccc23)[C@H](C)[C@H]2OC(=O)O[C@@]21C. The van der Waals surface area contributed by atoms with E-state index in [4.69, 9.17) is 38.0 Å². The number of Topliss-reactive ketones (excluding diaryl/α,β-unsaturated/α-hetero) is 1. The Balaban J connectivity index is 1.58. The fourth-order valence-electron chi connectivity index (χ4n) is 9.02. The molecule has 3 saturated heterocycles. The minimum absolute atomic E-state index is 0.0852. The molecule has 15 nitrogen and oxygen atoms in total. The van der Waals surface area contributed by atoms with Gasteiger partial charge in [-0.1, -0.05) is 69.0 Å². The number of hydrogen-bond acceptors (Lipinski definition) is 15. The zero-order valence-electron chi connectivity index (χ0n) is 36.9. The Bertz CT molecular complexity index is 1970. The Kier molecular flexibility index (Phi) is 15.0. The number of esters is 2. The summed E-state index contributed by atoms with van der Waals surface area (Å²) in [5.74, 6) is 1.00. The summed E-state index contributed by atoms with van der Waals surface area (Å²) in [7, 11) is 5.29. The quantitative estimate of drug-likeness (QED) is 0.0772. The third kappa shape index (κ3) is 9.94. The van der Waals surface area contributed by atoms with Crippen molar-refractivity contribution in [3.63, 3.8) is 0 Å². The summed E-state index contributed by atoms with van der Waals surface area (Å²) in [4.78, 5) is 66.0. The summed E-state index contributed by atoms with van der Waals surface area (Å²) in [6, 6.07) is 7.53. The van der Waals surface area contributed by atoms with Crippen molar-refractivity contribution in [1.82, 2.24) is 9.88 Å². The number of cyclic esters (lactones) is 1. The van der Waals surface area contributed by atoms with Gasteiger partial charge in [0.15, 0.2) is 36.5 Å². The highest BCUT2D eigenvalue weighted by molar-refractivity contribution is 6.00. The first-order valence-electron chi connectivity index (χ1n) is 20.7. The van der Waals surface area contributed by atoms with Crippen molar-refractivity contribution in [3.05, 3.63) is 42.2 Å². The summed E-state index contributed by atoms with van der Waals surface area (Å²) < 4.78 is 43.1. The second kappa shape index (κ2) is 19.4. The molecule has 2 aromatic rings. The average Bonchev–Trinajstić information content (AvgIpc) is 3.53. The molecule has 3 aliphatic heterocycles. The molecule has 3 fully saturated rings. The largest absolute Gasteiger partial charge is 0.509 e. The van der Waals surface area contributed by atoms with Crippen LogP contribution in [0.25, 0.3) is 10.8 Å². The van der Waals surface area contributed by atoms with Crippen molar-refractivity contribution in [3.8, 4) is 11.8 Å². The van der Waals surface area contributed by atoms with Gasteiger partial charge in [0, 0.05) is 55.0 Å². The molecule has 0 aliphatic carbocycles. The van der Waals surface area contributed by atoms with Crippen LogP contribution in [0.3, 0.4) is 0 Å². The minimum Gasteiger partial charge on any atom is -0.457 e. The normalized spacial score (nSPS) is 36.0. The lowest BCUT2D eigenvalue weighted by Gasteiger charge is -2.47. The van der Waals surface area contributed by atoms with E-state index in [0.29, 0.717) is 12.1 Å². The van der Waals surface area contributed by atoms with Gasteiger partial charge in [-0.15, -0.1) is 0 Å². The number of methoxy groups -OCH3 is 1. The van der Waals surface area contributed by atoms with E-state index < -0.39 is 89.5 Å². The fourth-order valence-corrected chi connectivity index (χ4v) is 9.02. The number of ketones is 1. The van der Waals surface area contributed by atoms with Crippen molar-refractivity contribution in [2.75, 3.05) is 27.8 Å². The van der Waals surface area contributed by atoms with Crippen LogP contribution in [0.15, 0.2) is 41.8 Å². The van der Waals surface area contributed by atoms with Gasteiger partial charge >= 0.3 is 18.1 Å². The highest BCUT2D eigenvalue weighted by Gasteiger charge is 2.59. The molecule has 0 spiro atoms. The molecule has 4 heterocycles. The van der Waals surface area contributed by atoms with Crippen LogP contribution in [0.2, 0.25) is 0 Å². The van der Waals surface area contributed by atoms with E-state index in [1.54, 1.807) is 33.2 Å². The first-order valence-corrected chi connectivity index (χ1v) is 20.7. The van der Waals surface area contributed by atoms with E-state index in [9.17, 15) is 19.2 Å². The summed E-state index contributed by atoms with van der Waals surface area (Å²) >= 11 is 0. The smallest absolute Gasteiger partial charge is 0.457 e. The predicted molar refractivity (Wildman–Crippen MR) is 220 cm³/mol. The predicted octanol–water partition coefficient (Wildman–Crippen LogP) is 5.88. The van der Waals surface area contributed by atoms with E-state index >= 15 is 0 Å². The number of likely N-dealkylation sites (N-methyl/N-ethyl adjacent to an activating group) is 1. The van der Waals surface area contributed by atoms with Gasteiger partial charge in [0.25, 0.3) is 0 Å². The molecule has 1 aromatic heterocycles. The standard InChI is InChI=1S/C45H61N3O12/c1-13-35-45(9)40(59-43(52)60-45)27(4)36(47-54-20-16-18-32-24-46-23-31-17-14-15-19-33(31)32)25(2)22-44(8,53-12)39(28(5)37(50)29(6)41(51)57-35)58-42-38(56-30(7)49)34(48(10)11)21-26(3)55-42/h14-15,17,19,23-29,34-35,38-40,42H,13,20-22H2,1-12H3/b47-36+/t25-,26-,27+,28+,29-,34+,35-,38-,39-,40-,42+,44-,45-/m1/s1. The van der Waals surface area contributed by atoms with E-state index in [-0.39, 0.29) is 31.6 Å². The highest BCUT2D eigenvalue weighted by atomic mass is 16.8. The molecule has 0 saturated carbocycles. The van der Waals surface area contributed by atoms with Crippen LogP contribution in [-0.2, 0) is 52.4 Å². The van der Waals surface area contributed by atoms with Gasteiger partial charge < -0.3 is 42.9 Å². The number of hydrogen-bond donors (Lipinski definition) is 0. The molecule has 13 atom stereocenters. The molecule has 0 radical (unpaired) electrons. The Labute approximate surface area is 353 Å². The molecule has 0 unspecified atom stereocenters. The molecular formula is C45H61N3O12. The number of carbonyl (C=O) groups excluding carboxylic acids is 4. The van der Waals surface area contributed by atoms with E-state index in [0.717, 1.165) is 16.3 Å². The van der Waals surface area contributed by atoms with Crippen molar-refractivity contribution in [2.24, 2.45) is 28.8 Å². The number of rotatable bonds is 8. The van der Waals surface area contributed by atoms with Crippen molar-refractivity contribution in [2.45, 2.75) is 136 Å². The number of aromatic nitrogens is 1. The topological polar surface area (TPSA) is 171 Å². The molecule has 0 bridgehead atoms. The summed E-state index contributed by atoms with van der Waals surface area (Å²) in [6.45, 7) is 15.3. The van der Waals surface area contributed by atoms with Gasteiger partial charge in [0.05, 0.1) is 35.1 Å². The Morgan fingerprint density at radius 2 is 1.75 bits per heavy atom. The summed E-state index contributed by atoms with van der Waals surface area (Å²) in [6.07, 6.45) is -1.78. The van der Waals surface area contributed by atoms with E-state index in [2.05, 4.69) is 22.0 Å². The van der Waals surface area contributed by atoms with E-state index in [1.165, 1.54) is 21.0 Å². The lowest BCUT2D eigenvalue weighted by molar-refractivity contribution is -0.297. The Morgan fingerprint density at radius 1 is 1.03 bits per heavy atom. The maximum atomic E-state index is 14.5. The van der Waals surface area contributed by atoms with Gasteiger partial charge in [-0.05, 0) is 61.1 Å². The average molecular weight is 836 g/mol. The van der Waals surface area contributed by atoms with Gasteiger partial charge in [0.1, 0.15) is 12.0 Å². The summed E-state index contributed by atoms with van der Waals surface area (Å²) in [5, 5.41) is 6.57. The Hall–Kier alpha value is -4.62. The van der Waals surface area contributed by atoms with Crippen LogP contribution in [0.4, 0.5) is 4.79 Å². The molecule has 328 valence electrons. The van der Waals surface area contributed by atoms with Crippen LogP contribution >= 0.6 is 0 Å². The third-order valence-electron chi connectivity index (χ3n) is 12.3. The maximum Gasteiger partial charge on any atom is 0.509 e. The lowest BCUT2D eigenvalue weighted by atomic mass is 9.74. The number of oxime groups is 1. The molecule has 3 aliphatic rings. The van der Waals surface area contributed by atoms with Crippen LogP contribution < -0.4 is 0 Å². The number of benzene rings is 1. The highest BCUT2D eigenvalue weighted by Crippen LogP contribution is 2.42. The van der Waals surface area contributed by atoms with E-state index in [1.807, 2.05) is 71.0 Å². The number of nitrogens with zero attached hydrogens (tertiary/aromatic N) is 3. The molecule has 5 rings (SSSR count). The second-order valence-corrected chi connectivity index (χ2v) is 16.9. The number of pyridine rings is 1. The van der Waals surface area contributed by atoms with Crippen LogP contribution in [0.5, 0.6) is 0 Å². The fraction of sp³-hybridized carbons (Fsp3) is 0.644. The van der Waals surface area contributed by atoms with Crippen LogP contribution in [-0.4, -0.2) is 121 Å². The maximum absolute atomic E-state index is 14.5. The first-order chi connectivity index (χ1) is 28.3. The molecule has 0 N–H and O–H groups in total. The van der Waals surface area contributed by atoms with Crippen molar-refractivity contribution in [1.29, 1.82) is 0 Å². The zero-order chi connectivity index (χ0) is 44.1. The number of carbonyl (C=O) groups is 4. The van der Waals surface area contributed by atoms with Crippen molar-refractivity contribution >= 4 is 40.4 Å². The van der Waals surface area contributed by atoms with Gasteiger partial charge in [-0.2, -0.15) is 0 Å². The van der Waals surface area contributed by atoms with Crippen LogP contribution in [0, 0.1) is 35.5 Å². The minimum atomic E-state index is -1.46. The monoisotopic (exact) mass is 835 g/mol. The molecule has 1 aromatic carbocycles. The lowest BCUT2D eigenvalue weighted by Crippen LogP contribution is -2.60. The second-order valence-electron chi connectivity index (χ2n) is 16.9. The Morgan fingerprint density at radius 3 is 2.42 bits per heavy atom. The van der Waals surface area contributed by atoms with Crippen LogP contribution in [0.1, 0.15) is 87.1 Å². The van der Waals surface area contributed by atoms with Gasteiger partial charge in [-0.3, -0.25) is 19.4 Å². The first kappa shape index (κ1) is 46.4. The number of ether oxygens (including phenoxy) is 7. The third-order valence-corrected chi connectivity index (χ3v) is 12.3. The molecule has 15 heteroatoms. The molecule has 60 heavy (non-hydrogen) atoms. The summed E-state index contributed by atoms with van der Waals surface area (Å²) in [5.41, 5.74) is -1.53. The van der Waals surface area contributed by atoms with Gasteiger partial charge in [-0.25, -0.2) is 4.79 Å². The zero-order valence-corrected chi connectivity index (χ0v) is 36.9. The molecular weight excluding hydrogens is 775 g/mol. The molecule has 0 amide bonds.